The van der Waals surface area contributed by atoms with Gasteiger partial charge in [0.2, 0.25) is 0 Å². The van der Waals surface area contributed by atoms with Crippen LogP contribution in [0.1, 0.15) is 158 Å². The summed E-state index contributed by atoms with van der Waals surface area (Å²) in [5.74, 6) is 0. The number of hydrogen-bond acceptors (Lipinski definition) is 6. The molecule has 0 fully saturated rings. The van der Waals surface area contributed by atoms with Gasteiger partial charge in [0.05, 0.1) is 35.7 Å². The normalized spacial score (nSPS) is 13.2. The molecule has 9 heteroatoms. The lowest BCUT2D eigenvalue weighted by Crippen LogP contribution is -2.17. The first-order chi connectivity index (χ1) is 28.9. The highest BCUT2D eigenvalue weighted by atomic mass is 15.4. The zero-order valence-corrected chi connectivity index (χ0v) is 41.2. The molecule has 0 atom stereocenters. The molecule has 0 aliphatic rings. The fourth-order valence-electron chi connectivity index (χ4n) is 7.47. The predicted octanol–water partition coefficient (Wildman–Crippen LogP) is 13.2. The quantitative estimate of drug-likeness (QED) is 0.166. The molecule has 3 heterocycles. The van der Waals surface area contributed by atoms with Crippen molar-refractivity contribution in [1.82, 2.24) is 45.0 Å². The third kappa shape index (κ3) is 9.93. The lowest BCUT2D eigenvalue weighted by atomic mass is 9.80. The standard InChI is InChI=1S/C54H69N9/c1-49(2,3)37-22-38(50(4,5)6)26-43(25-37)61-31-46(55-58-61)34-19-35(47-32-62(59-56-47)44-27-39(51(7,8)9)23-40(28-44)52(10,11)12)21-36(20-34)48-33-63(60-57-48)45-29-41(53(13,14)15)24-42(30-45)54(16,17)18/h19-33H,1-18H3. The highest BCUT2D eigenvalue weighted by molar-refractivity contribution is 5.77. The van der Waals surface area contributed by atoms with Crippen molar-refractivity contribution in [2.24, 2.45) is 0 Å². The molecule has 0 bridgehead atoms. The lowest BCUT2D eigenvalue weighted by Gasteiger charge is -2.26. The summed E-state index contributed by atoms with van der Waals surface area (Å²) in [5.41, 5.74) is 15.1. The van der Waals surface area contributed by atoms with Crippen LogP contribution in [0, 0.1) is 0 Å². The molecule has 330 valence electrons. The predicted molar refractivity (Wildman–Crippen MR) is 260 cm³/mol. The maximum atomic E-state index is 4.78. The van der Waals surface area contributed by atoms with E-state index in [0.717, 1.165) is 50.8 Å². The zero-order chi connectivity index (χ0) is 46.2. The topological polar surface area (TPSA) is 92.1 Å². The molecule has 0 aliphatic heterocycles. The van der Waals surface area contributed by atoms with Gasteiger partial charge in [-0.2, -0.15) is 0 Å². The summed E-state index contributed by atoms with van der Waals surface area (Å²) in [4.78, 5) is 0. The maximum absolute atomic E-state index is 4.78. The van der Waals surface area contributed by atoms with Crippen molar-refractivity contribution in [2.75, 3.05) is 0 Å². The van der Waals surface area contributed by atoms with E-state index in [1.807, 2.05) is 32.6 Å². The van der Waals surface area contributed by atoms with E-state index in [1.54, 1.807) is 0 Å². The molecular formula is C54H69N9. The molecule has 7 aromatic rings. The molecule has 0 N–H and O–H groups in total. The van der Waals surface area contributed by atoms with Gasteiger partial charge in [-0.05, 0) is 120 Å². The number of benzene rings is 4. The second kappa shape index (κ2) is 15.5. The minimum absolute atomic E-state index is 0.0394. The molecule has 0 unspecified atom stereocenters. The van der Waals surface area contributed by atoms with Crippen LogP contribution in [0.4, 0.5) is 0 Å². The first-order valence-electron chi connectivity index (χ1n) is 22.4. The van der Waals surface area contributed by atoms with Crippen LogP contribution in [0.2, 0.25) is 0 Å². The third-order valence-electron chi connectivity index (χ3n) is 12.0. The van der Waals surface area contributed by atoms with Gasteiger partial charge < -0.3 is 0 Å². The zero-order valence-electron chi connectivity index (χ0n) is 41.2. The second-order valence-electron chi connectivity index (χ2n) is 23.7. The Labute approximate surface area is 376 Å². The minimum atomic E-state index is -0.0394. The molecule has 0 saturated carbocycles. The molecular weight excluding hydrogens is 775 g/mol. The number of nitrogens with zero attached hydrogens (tertiary/aromatic N) is 9. The van der Waals surface area contributed by atoms with Crippen molar-refractivity contribution in [3.63, 3.8) is 0 Å². The summed E-state index contributed by atoms with van der Waals surface area (Å²) < 4.78 is 5.67. The summed E-state index contributed by atoms with van der Waals surface area (Å²) in [6, 6.07) is 26.7. The van der Waals surface area contributed by atoms with Crippen LogP contribution < -0.4 is 0 Å². The van der Waals surface area contributed by atoms with E-state index in [1.165, 1.54) is 33.4 Å². The van der Waals surface area contributed by atoms with E-state index in [9.17, 15) is 0 Å². The van der Waals surface area contributed by atoms with Crippen molar-refractivity contribution in [3.8, 4) is 50.8 Å². The number of rotatable bonds is 6. The van der Waals surface area contributed by atoms with E-state index in [4.69, 9.17) is 30.9 Å². The van der Waals surface area contributed by atoms with Gasteiger partial charge in [-0.25, -0.2) is 14.0 Å². The van der Waals surface area contributed by atoms with Gasteiger partial charge in [0, 0.05) is 16.7 Å². The van der Waals surface area contributed by atoms with Crippen molar-refractivity contribution in [3.05, 3.63) is 125 Å². The largest absolute Gasteiger partial charge is 0.220 e. The molecule has 0 radical (unpaired) electrons. The fraction of sp³-hybridized carbons (Fsp3) is 0.444. The van der Waals surface area contributed by atoms with E-state index >= 15 is 0 Å². The Morgan fingerprint density at radius 1 is 0.270 bits per heavy atom. The van der Waals surface area contributed by atoms with E-state index in [0.29, 0.717) is 0 Å². The molecule has 0 spiro atoms. The van der Waals surface area contributed by atoms with Gasteiger partial charge in [0.25, 0.3) is 0 Å². The Hall–Kier alpha value is -5.70. The Morgan fingerprint density at radius 2 is 0.460 bits per heavy atom. The fourth-order valence-corrected chi connectivity index (χ4v) is 7.47. The van der Waals surface area contributed by atoms with Gasteiger partial charge in [0.15, 0.2) is 0 Å². The molecule has 7 rings (SSSR count). The summed E-state index contributed by atoms with van der Waals surface area (Å²) in [6.07, 6.45) is 6.05. The molecule has 4 aromatic carbocycles. The SMILES string of the molecule is CC(C)(C)c1cc(-n2cc(-c3cc(-c4cn(-c5cc(C(C)(C)C)cc(C(C)(C)C)c5)nn4)cc(-c4cn(-c5cc(C(C)(C)C)cc(C(C)(C)C)c5)nn4)c3)nn2)cc(C(C)(C)C)c1. The number of aromatic nitrogens is 9. The van der Waals surface area contributed by atoms with Crippen LogP contribution >= 0.6 is 0 Å². The third-order valence-corrected chi connectivity index (χ3v) is 12.0. The second-order valence-corrected chi connectivity index (χ2v) is 23.7. The maximum Gasteiger partial charge on any atom is 0.113 e. The molecule has 9 nitrogen and oxygen atoms in total. The van der Waals surface area contributed by atoms with E-state index in [-0.39, 0.29) is 32.5 Å². The van der Waals surface area contributed by atoms with Crippen LogP contribution in [0.25, 0.3) is 50.8 Å². The van der Waals surface area contributed by atoms with Crippen LogP contribution in [0.5, 0.6) is 0 Å². The summed E-state index contributed by atoms with van der Waals surface area (Å²) in [7, 11) is 0. The lowest BCUT2D eigenvalue weighted by molar-refractivity contribution is 0.566. The number of hydrogen-bond donors (Lipinski definition) is 0. The van der Waals surface area contributed by atoms with Crippen LogP contribution in [0.3, 0.4) is 0 Å². The molecule has 0 amide bonds. The smallest absolute Gasteiger partial charge is 0.113 e. The van der Waals surface area contributed by atoms with Crippen LogP contribution in [-0.4, -0.2) is 45.0 Å². The van der Waals surface area contributed by atoms with Crippen molar-refractivity contribution in [2.45, 2.75) is 157 Å². The summed E-state index contributed by atoms with van der Waals surface area (Å²) in [5, 5.41) is 28.5. The Balaban J connectivity index is 1.37. The molecule has 3 aromatic heterocycles. The molecule has 0 aliphatic carbocycles. The van der Waals surface area contributed by atoms with Crippen LogP contribution in [-0.2, 0) is 32.5 Å². The summed E-state index contributed by atoms with van der Waals surface area (Å²) in [6.45, 7) is 40.5. The Bertz CT molecular complexity index is 2370. The molecule has 0 saturated heterocycles. The van der Waals surface area contributed by atoms with Crippen molar-refractivity contribution in [1.29, 1.82) is 0 Å². The minimum Gasteiger partial charge on any atom is -0.220 e. The molecule has 63 heavy (non-hydrogen) atoms. The van der Waals surface area contributed by atoms with Gasteiger partial charge in [0.1, 0.15) is 17.1 Å². The summed E-state index contributed by atoms with van der Waals surface area (Å²) >= 11 is 0. The van der Waals surface area contributed by atoms with Gasteiger partial charge in [-0.1, -0.05) is 158 Å². The first-order valence-corrected chi connectivity index (χ1v) is 22.4. The van der Waals surface area contributed by atoms with Gasteiger partial charge >= 0.3 is 0 Å². The first kappa shape index (κ1) is 45.3. The van der Waals surface area contributed by atoms with Gasteiger partial charge in [-0.3, -0.25) is 0 Å². The Morgan fingerprint density at radius 3 is 0.635 bits per heavy atom. The highest BCUT2D eigenvalue weighted by Gasteiger charge is 2.25. The van der Waals surface area contributed by atoms with Gasteiger partial charge in [-0.15, -0.1) is 15.3 Å². The monoisotopic (exact) mass is 844 g/mol. The average Bonchev–Trinajstić information content (AvgIpc) is 3.97. The van der Waals surface area contributed by atoms with Crippen molar-refractivity contribution < 1.29 is 0 Å². The van der Waals surface area contributed by atoms with E-state index < -0.39 is 0 Å². The Kier molecular flexibility index (Phi) is 11.2. The highest BCUT2D eigenvalue weighted by Crippen LogP contribution is 2.37. The van der Waals surface area contributed by atoms with Crippen molar-refractivity contribution >= 4 is 0 Å². The average molecular weight is 844 g/mol. The van der Waals surface area contributed by atoms with E-state index in [2.05, 4.69) is 197 Å². The van der Waals surface area contributed by atoms with Crippen LogP contribution in [0.15, 0.2) is 91.4 Å².